The van der Waals surface area contributed by atoms with Crippen molar-refractivity contribution in [2.45, 2.75) is 75.7 Å². The number of carbonyl (C=O) groups is 1. The van der Waals surface area contributed by atoms with Crippen molar-refractivity contribution in [2.75, 3.05) is 0 Å². The fourth-order valence-corrected chi connectivity index (χ4v) is 7.95. The maximum absolute atomic E-state index is 13.3. The van der Waals surface area contributed by atoms with E-state index in [1.807, 2.05) is 5.38 Å². The minimum atomic E-state index is -4.56. The smallest absolute Gasteiger partial charge is 0.346 e. The molecule has 0 radical (unpaired) electrons. The summed E-state index contributed by atoms with van der Waals surface area (Å²) >= 11 is 1.61. The van der Waals surface area contributed by atoms with Crippen molar-refractivity contribution in [2.24, 2.45) is 22.7 Å². The van der Waals surface area contributed by atoms with E-state index < -0.39 is 17.6 Å². The lowest BCUT2D eigenvalue weighted by Gasteiger charge is -2.54. The number of rotatable bonds is 5. The summed E-state index contributed by atoms with van der Waals surface area (Å²) in [4.78, 5) is 19.1. The molecule has 4 bridgehead atoms. The molecule has 1 aromatic heterocycles. The molecule has 0 saturated heterocycles. The summed E-state index contributed by atoms with van der Waals surface area (Å²) < 4.78 is 42.2. The Morgan fingerprint density at radius 1 is 1.09 bits per heavy atom. The predicted octanol–water partition coefficient (Wildman–Crippen LogP) is 5.70. The number of alkyl halides is 3. The fourth-order valence-electron chi connectivity index (χ4n) is 6.89. The first-order valence-electron chi connectivity index (χ1n) is 12.0. The van der Waals surface area contributed by atoms with Gasteiger partial charge >= 0.3 is 6.18 Å². The average molecular weight is 476 g/mol. The van der Waals surface area contributed by atoms with Crippen LogP contribution in [0.15, 0.2) is 34.6 Å². The molecule has 1 N–H and O–H groups in total. The maximum atomic E-state index is 13.3. The van der Waals surface area contributed by atoms with Crippen LogP contribution in [0.25, 0.3) is 0 Å². The number of hydrogen-bond acceptors (Lipinski definition) is 3. The Morgan fingerprint density at radius 2 is 1.73 bits per heavy atom. The molecule has 5 saturated carbocycles. The summed E-state index contributed by atoms with van der Waals surface area (Å²) in [6, 6.07) is 5.33. The zero-order valence-corrected chi connectivity index (χ0v) is 19.2. The maximum Gasteiger partial charge on any atom is 0.417 e. The van der Waals surface area contributed by atoms with Crippen LogP contribution in [0.4, 0.5) is 13.2 Å². The lowest BCUT2D eigenvalue weighted by Crippen LogP contribution is -2.50. The summed E-state index contributed by atoms with van der Waals surface area (Å²) in [6.07, 6.45) is 5.32. The van der Waals surface area contributed by atoms with Gasteiger partial charge in [-0.05, 0) is 81.3 Å². The molecular weight excluding hydrogens is 447 g/mol. The van der Waals surface area contributed by atoms with Gasteiger partial charge in [-0.15, -0.1) is 11.3 Å². The molecule has 33 heavy (non-hydrogen) atoms. The molecule has 0 atom stereocenters. The number of halogens is 3. The number of hydrogen-bond donors (Lipinski definition) is 1. The van der Waals surface area contributed by atoms with Crippen molar-refractivity contribution < 1.29 is 18.0 Å². The van der Waals surface area contributed by atoms with Crippen molar-refractivity contribution in [1.82, 2.24) is 9.88 Å². The zero-order valence-electron chi connectivity index (χ0n) is 18.4. The molecule has 4 nitrogen and oxygen atoms in total. The van der Waals surface area contributed by atoms with Crippen LogP contribution in [0.1, 0.15) is 79.0 Å². The number of benzene rings is 1. The van der Waals surface area contributed by atoms with Crippen molar-refractivity contribution >= 4 is 17.2 Å². The van der Waals surface area contributed by atoms with Crippen LogP contribution in [-0.2, 0) is 12.7 Å². The number of aromatic nitrogens is 1. The van der Waals surface area contributed by atoms with Gasteiger partial charge in [0.1, 0.15) is 0 Å². The molecule has 2 aromatic rings. The van der Waals surface area contributed by atoms with Crippen LogP contribution in [0.3, 0.4) is 0 Å². The number of amides is 1. The molecule has 5 fully saturated rings. The number of nitrogens with one attached hydrogen (secondary N) is 1. The Hall–Kier alpha value is -2.09. The van der Waals surface area contributed by atoms with Gasteiger partial charge in [-0.1, -0.05) is 12.1 Å². The van der Waals surface area contributed by atoms with Gasteiger partial charge in [-0.3, -0.25) is 9.79 Å². The number of carbonyl (C=O) groups excluding carboxylic acids is 1. The monoisotopic (exact) mass is 475 g/mol. The van der Waals surface area contributed by atoms with Gasteiger partial charge in [0.25, 0.3) is 5.91 Å². The Kier molecular flexibility index (Phi) is 5.02. The lowest BCUT2D eigenvalue weighted by molar-refractivity contribution is -0.137. The molecule has 1 aromatic carbocycles. The average Bonchev–Trinajstić information content (AvgIpc) is 3.51. The first-order chi connectivity index (χ1) is 15.8. The second-order valence-electron chi connectivity index (χ2n) is 10.6. The normalized spacial score (nSPS) is 31.2. The standard InChI is InChI=1S/C25H28F3N3OS/c26-25(27,28)21-4-2-1-3-20(21)22(32)29-13-19-14-33-23(31(19)18-5-6-18)30-24-10-15-7-16(11-24)9-17(8-15)12-24/h1-4,14-18H,5-13H2,(H,29,32). The third-order valence-corrected chi connectivity index (χ3v) is 8.86. The summed E-state index contributed by atoms with van der Waals surface area (Å²) in [7, 11) is 0. The molecule has 0 unspecified atom stereocenters. The highest BCUT2D eigenvalue weighted by atomic mass is 32.1. The van der Waals surface area contributed by atoms with Crippen molar-refractivity contribution in [3.63, 3.8) is 0 Å². The summed E-state index contributed by atoms with van der Waals surface area (Å²) in [5.41, 5.74) is -0.233. The Morgan fingerprint density at radius 3 is 2.33 bits per heavy atom. The SMILES string of the molecule is O=C(NCc1csc(=NC23CC4CC(CC(C4)C2)C3)n1C1CC1)c1ccccc1C(F)(F)F. The van der Waals surface area contributed by atoms with Crippen LogP contribution < -0.4 is 10.1 Å². The van der Waals surface area contributed by atoms with E-state index in [2.05, 4.69) is 9.88 Å². The molecule has 1 heterocycles. The molecule has 5 aliphatic carbocycles. The molecule has 8 heteroatoms. The molecular formula is C25H28F3N3OS. The van der Waals surface area contributed by atoms with Gasteiger partial charge in [0.15, 0.2) is 4.80 Å². The highest BCUT2D eigenvalue weighted by Gasteiger charge is 2.51. The van der Waals surface area contributed by atoms with Crippen molar-refractivity contribution in [3.8, 4) is 0 Å². The van der Waals surface area contributed by atoms with Gasteiger partial charge < -0.3 is 9.88 Å². The van der Waals surface area contributed by atoms with E-state index >= 15 is 0 Å². The zero-order chi connectivity index (χ0) is 22.8. The van der Waals surface area contributed by atoms with Crippen LogP contribution in [-0.4, -0.2) is 16.0 Å². The van der Waals surface area contributed by atoms with E-state index in [1.54, 1.807) is 11.3 Å². The molecule has 1 amide bonds. The topological polar surface area (TPSA) is 46.4 Å². The highest BCUT2D eigenvalue weighted by Crippen LogP contribution is 2.57. The predicted molar refractivity (Wildman–Crippen MR) is 120 cm³/mol. The van der Waals surface area contributed by atoms with E-state index in [9.17, 15) is 18.0 Å². The highest BCUT2D eigenvalue weighted by molar-refractivity contribution is 7.07. The van der Waals surface area contributed by atoms with Crippen LogP contribution in [0, 0.1) is 17.8 Å². The van der Waals surface area contributed by atoms with Crippen molar-refractivity contribution in [1.29, 1.82) is 0 Å². The van der Waals surface area contributed by atoms with E-state index in [0.29, 0.717) is 6.04 Å². The van der Waals surface area contributed by atoms with Crippen LogP contribution in [0.2, 0.25) is 0 Å². The first-order valence-corrected chi connectivity index (χ1v) is 12.9. The van der Waals surface area contributed by atoms with Gasteiger partial charge in [0.2, 0.25) is 0 Å². The van der Waals surface area contributed by atoms with E-state index in [1.165, 1.54) is 56.7 Å². The largest absolute Gasteiger partial charge is 0.417 e. The third-order valence-electron chi connectivity index (χ3n) is 7.97. The first kappa shape index (κ1) is 21.4. The van der Waals surface area contributed by atoms with E-state index in [0.717, 1.165) is 47.2 Å². The Labute approximate surface area is 194 Å². The molecule has 0 aliphatic heterocycles. The quantitative estimate of drug-likeness (QED) is 0.592. The summed E-state index contributed by atoms with van der Waals surface area (Å²) in [5.74, 6) is 1.77. The van der Waals surface area contributed by atoms with E-state index in [4.69, 9.17) is 4.99 Å². The molecule has 176 valence electrons. The Bertz CT molecular complexity index is 1110. The van der Waals surface area contributed by atoms with Crippen LogP contribution >= 0.6 is 11.3 Å². The number of nitrogens with zero attached hydrogens (tertiary/aromatic N) is 2. The molecule has 5 aliphatic rings. The number of thiazole rings is 1. The molecule has 7 rings (SSSR count). The van der Waals surface area contributed by atoms with Gasteiger partial charge in [0.05, 0.1) is 23.2 Å². The van der Waals surface area contributed by atoms with Gasteiger partial charge in [-0.25, -0.2) is 0 Å². The van der Waals surface area contributed by atoms with Crippen molar-refractivity contribution in [3.05, 3.63) is 51.3 Å². The summed E-state index contributed by atoms with van der Waals surface area (Å²) in [5, 5.41) is 4.75. The third kappa shape index (κ3) is 4.04. The Balaban J connectivity index is 1.26. The van der Waals surface area contributed by atoms with Crippen LogP contribution in [0.5, 0.6) is 0 Å². The van der Waals surface area contributed by atoms with E-state index in [-0.39, 0.29) is 17.6 Å². The van der Waals surface area contributed by atoms with Gasteiger partial charge in [-0.2, -0.15) is 13.2 Å². The second kappa shape index (κ2) is 7.72. The minimum Gasteiger partial charge on any atom is -0.346 e. The second-order valence-corrected chi connectivity index (χ2v) is 11.4. The minimum absolute atomic E-state index is 0.0718. The molecule has 0 spiro atoms. The summed E-state index contributed by atoms with van der Waals surface area (Å²) in [6.45, 7) is 0.203. The fraction of sp³-hybridized carbons (Fsp3) is 0.600. The van der Waals surface area contributed by atoms with Gasteiger partial charge in [0, 0.05) is 17.1 Å². The lowest BCUT2D eigenvalue weighted by atomic mass is 9.53.